The van der Waals surface area contributed by atoms with E-state index in [2.05, 4.69) is 29.0 Å². The minimum Gasteiger partial charge on any atom is -0.465 e. The maximum Gasteiger partial charge on any atom is 0.341 e. The van der Waals surface area contributed by atoms with E-state index in [0.717, 1.165) is 25.8 Å². The molecule has 2 saturated heterocycles. The molecule has 2 unspecified atom stereocenters. The predicted molar refractivity (Wildman–Crippen MR) is 123 cm³/mol. The highest BCUT2D eigenvalue weighted by molar-refractivity contribution is 6.01. The molecule has 3 atom stereocenters. The summed E-state index contributed by atoms with van der Waals surface area (Å²) >= 11 is 0. The van der Waals surface area contributed by atoms with Crippen LogP contribution in [0.25, 0.3) is 11.1 Å². The lowest BCUT2D eigenvalue weighted by Crippen LogP contribution is -2.52. The van der Waals surface area contributed by atoms with Crippen molar-refractivity contribution < 1.29 is 18.7 Å². The summed E-state index contributed by atoms with van der Waals surface area (Å²) in [5.41, 5.74) is 1.32. The van der Waals surface area contributed by atoms with Crippen LogP contribution in [0.15, 0.2) is 22.6 Å². The van der Waals surface area contributed by atoms with E-state index in [4.69, 9.17) is 9.15 Å². The van der Waals surface area contributed by atoms with Gasteiger partial charge in [-0.05, 0) is 58.1 Å². The third-order valence-electron chi connectivity index (χ3n) is 6.91. The highest BCUT2D eigenvalue weighted by Crippen LogP contribution is 2.30. The maximum absolute atomic E-state index is 13.1. The molecule has 0 radical (unpaired) electrons. The Bertz CT molecular complexity index is 949. The Labute approximate surface area is 189 Å². The second kappa shape index (κ2) is 9.90. The number of esters is 1. The molecular formula is C24H34N4O4. The molecule has 174 valence electrons. The van der Waals surface area contributed by atoms with E-state index < -0.39 is 5.97 Å². The number of fused-ring (bicyclic) bond motifs is 1. The van der Waals surface area contributed by atoms with Crippen LogP contribution in [0.4, 0.5) is 6.01 Å². The van der Waals surface area contributed by atoms with Crippen LogP contribution in [0.3, 0.4) is 0 Å². The van der Waals surface area contributed by atoms with Gasteiger partial charge in [0.15, 0.2) is 5.58 Å². The molecule has 3 heterocycles. The summed E-state index contributed by atoms with van der Waals surface area (Å²) in [6.45, 7) is 6.75. The van der Waals surface area contributed by atoms with Crippen molar-refractivity contribution in [3.63, 3.8) is 0 Å². The van der Waals surface area contributed by atoms with Crippen molar-refractivity contribution in [3.8, 4) is 0 Å². The Morgan fingerprint density at radius 1 is 1.16 bits per heavy atom. The molecule has 1 amide bonds. The molecule has 0 saturated carbocycles. The Balaban J connectivity index is 1.45. The molecule has 0 aliphatic carbocycles. The first-order valence-corrected chi connectivity index (χ1v) is 11.8. The van der Waals surface area contributed by atoms with Crippen LogP contribution in [0.5, 0.6) is 0 Å². The number of benzene rings is 1. The molecule has 1 N–H and O–H groups in total. The van der Waals surface area contributed by atoms with E-state index in [9.17, 15) is 9.59 Å². The van der Waals surface area contributed by atoms with E-state index in [1.54, 1.807) is 18.2 Å². The number of piperidine rings is 2. The number of aromatic nitrogens is 1. The topological polar surface area (TPSA) is 87.9 Å². The van der Waals surface area contributed by atoms with Gasteiger partial charge < -0.3 is 19.4 Å². The number of methoxy groups -OCH3 is 1. The van der Waals surface area contributed by atoms with E-state index in [1.165, 1.54) is 26.4 Å². The number of nitrogens with one attached hydrogen (secondary N) is 1. The number of hydrogen-bond acceptors (Lipinski definition) is 7. The lowest BCUT2D eigenvalue weighted by molar-refractivity contribution is -0.123. The first-order chi connectivity index (χ1) is 15.5. The van der Waals surface area contributed by atoms with Crippen LogP contribution >= 0.6 is 0 Å². The number of nitrogens with zero attached hydrogens (tertiary/aromatic N) is 3. The molecule has 2 fully saturated rings. The molecule has 8 heteroatoms. The number of carbonyl (C=O) groups excluding carboxylic acids is 2. The van der Waals surface area contributed by atoms with Crippen molar-refractivity contribution in [2.24, 2.45) is 0 Å². The van der Waals surface area contributed by atoms with Gasteiger partial charge in [-0.15, -0.1) is 0 Å². The third kappa shape index (κ3) is 4.60. The summed E-state index contributed by atoms with van der Waals surface area (Å²) < 4.78 is 10.9. The zero-order valence-electron chi connectivity index (χ0n) is 19.3. The molecule has 2 aromatic rings. The van der Waals surface area contributed by atoms with Crippen molar-refractivity contribution in [1.82, 2.24) is 15.2 Å². The molecule has 1 aromatic carbocycles. The van der Waals surface area contributed by atoms with Gasteiger partial charge in [0.1, 0.15) is 17.1 Å². The highest BCUT2D eigenvalue weighted by atomic mass is 16.5. The van der Waals surface area contributed by atoms with Crippen LogP contribution in [0.1, 0.15) is 62.7 Å². The van der Waals surface area contributed by atoms with E-state index in [0.29, 0.717) is 47.9 Å². The van der Waals surface area contributed by atoms with E-state index in [1.807, 2.05) is 4.90 Å². The van der Waals surface area contributed by atoms with Gasteiger partial charge >= 0.3 is 5.97 Å². The van der Waals surface area contributed by atoms with E-state index >= 15 is 0 Å². The number of ether oxygens (including phenoxy) is 1. The van der Waals surface area contributed by atoms with Crippen molar-refractivity contribution >= 4 is 29.0 Å². The standard InChI is InChI=1S/C24H34N4O4/c1-16-8-6-9-17(2)27(16)15-13-25-22(29)20-12-4-5-14-28(20)24-26-19-11-7-10-18(21(19)32-24)23(30)31-3/h7,10-11,16-17,20H,4-6,8-9,12-15H2,1-3H3,(H,25,29)/t16?,17?,20-/m0/s1. The third-order valence-corrected chi connectivity index (χ3v) is 6.91. The lowest BCUT2D eigenvalue weighted by atomic mass is 9.97. The van der Waals surface area contributed by atoms with Gasteiger partial charge in [-0.3, -0.25) is 9.69 Å². The minimum absolute atomic E-state index is 0.0115. The molecule has 0 spiro atoms. The highest BCUT2D eigenvalue weighted by Gasteiger charge is 2.32. The van der Waals surface area contributed by atoms with E-state index in [-0.39, 0.29) is 11.9 Å². The van der Waals surface area contributed by atoms with Gasteiger partial charge in [-0.1, -0.05) is 12.5 Å². The van der Waals surface area contributed by atoms with Crippen LogP contribution in [-0.4, -0.2) is 66.6 Å². The van der Waals surface area contributed by atoms with Crippen molar-refractivity contribution in [1.29, 1.82) is 0 Å². The average molecular weight is 443 g/mol. The summed E-state index contributed by atoms with van der Waals surface area (Å²) in [4.78, 5) is 34.2. The molecule has 32 heavy (non-hydrogen) atoms. The molecule has 2 aliphatic rings. The summed E-state index contributed by atoms with van der Waals surface area (Å²) in [5, 5.41) is 3.15. The molecule has 8 nitrogen and oxygen atoms in total. The van der Waals surface area contributed by atoms with Crippen molar-refractivity contribution in [2.75, 3.05) is 31.6 Å². The fourth-order valence-corrected chi connectivity index (χ4v) is 5.11. The number of hydrogen-bond donors (Lipinski definition) is 1. The van der Waals surface area contributed by atoms with Gasteiger partial charge in [-0.2, -0.15) is 4.98 Å². The molecular weight excluding hydrogens is 408 g/mol. The molecule has 1 aromatic heterocycles. The van der Waals surface area contributed by atoms with Crippen molar-refractivity contribution in [2.45, 2.75) is 70.5 Å². The fraction of sp³-hybridized carbons (Fsp3) is 0.625. The second-order valence-electron chi connectivity index (χ2n) is 9.00. The second-order valence-corrected chi connectivity index (χ2v) is 9.00. The van der Waals surface area contributed by atoms with Crippen LogP contribution in [0, 0.1) is 0 Å². The fourth-order valence-electron chi connectivity index (χ4n) is 5.11. The summed E-state index contributed by atoms with van der Waals surface area (Å²) in [6, 6.07) is 6.39. The van der Waals surface area contributed by atoms with Crippen molar-refractivity contribution in [3.05, 3.63) is 23.8 Å². The smallest absolute Gasteiger partial charge is 0.341 e. The quantitative estimate of drug-likeness (QED) is 0.687. The number of carbonyl (C=O) groups is 2. The predicted octanol–water partition coefficient (Wildman–Crippen LogP) is 3.35. The van der Waals surface area contributed by atoms with Gasteiger partial charge in [-0.25, -0.2) is 4.79 Å². The summed E-state index contributed by atoms with van der Waals surface area (Å²) in [6.07, 6.45) is 6.44. The first-order valence-electron chi connectivity index (χ1n) is 11.8. The maximum atomic E-state index is 13.1. The Morgan fingerprint density at radius 2 is 1.94 bits per heavy atom. The molecule has 4 rings (SSSR count). The Hall–Kier alpha value is -2.61. The van der Waals surface area contributed by atoms with Gasteiger partial charge in [0.2, 0.25) is 5.91 Å². The molecule has 0 bridgehead atoms. The number of para-hydroxylation sites is 1. The lowest BCUT2D eigenvalue weighted by Gasteiger charge is -2.39. The summed E-state index contributed by atoms with van der Waals surface area (Å²) in [7, 11) is 1.34. The molecule has 2 aliphatic heterocycles. The summed E-state index contributed by atoms with van der Waals surface area (Å²) in [5.74, 6) is -0.454. The van der Waals surface area contributed by atoms with Crippen LogP contribution in [-0.2, 0) is 9.53 Å². The number of anilines is 1. The number of likely N-dealkylation sites (tertiary alicyclic amines) is 1. The zero-order valence-corrected chi connectivity index (χ0v) is 19.3. The first kappa shape index (κ1) is 22.6. The zero-order chi connectivity index (χ0) is 22.7. The number of oxazole rings is 1. The SMILES string of the molecule is COC(=O)c1cccc2nc(N3CCCC[C@H]3C(=O)NCCN3C(C)CCCC3C)oc12. The minimum atomic E-state index is -0.465. The largest absolute Gasteiger partial charge is 0.465 e. The Kier molecular flexibility index (Phi) is 6.98. The number of rotatable bonds is 6. The normalized spacial score (nSPS) is 24.5. The average Bonchev–Trinajstić information content (AvgIpc) is 3.24. The monoisotopic (exact) mass is 442 g/mol. The Morgan fingerprint density at radius 3 is 2.69 bits per heavy atom. The number of amides is 1. The van der Waals surface area contributed by atoms with Gasteiger partial charge in [0.05, 0.1) is 7.11 Å². The van der Waals surface area contributed by atoms with Gasteiger partial charge in [0.25, 0.3) is 6.01 Å². The van der Waals surface area contributed by atoms with Crippen LogP contribution in [0.2, 0.25) is 0 Å². The van der Waals surface area contributed by atoms with Gasteiger partial charge in [0, 0.05) is 31.7 Å². The van der Waals surface area contributed by atoms with Crippen LogP contribution < -0.4 is 10.2 Å².